The summed E-state index contributed by atoms with van der Waals surface area (Å²) in [6.45, 7) is 1.60. The van der Waals surface area contributed by atoms with Crippen molar-refractivity contribution in [2.75, 3.05) is 19.6 Å². The van der Waals surface area contributed by atoms with E-state index in [0.717, 1.165) is 25.8 Å². The monoisotopic (exact) mass is 342 g/mol. The van der Waals surface area contributed by atoms with Crippen molar-refractivity contribution in [3.63, 3.8) is 0 Å². The molecule has 2 aromatic rings. The fraction of sp³-hybridized carbons (Fsp3) is 0.444. The quantitative estimate of drug-likeness (QED) is 0.901. The van der Waals surface area contributed by atoms with Crippen LogP contribution in [0.15, 0.2) is 29.1 Å². The molecule has 1 aliphatic rings. The highest BCUT2D eigenvalue weighted by Crippen LogP contribution is 2.13. The second kappa shape index (κ2) is 7.46. The SMILES string of the molecule is Cn1nc(C(=O)NCCN2CCCCCC2=O)c2ccccc2c1=O. The maximum Gasteiger partial charge on any atom is 0.274 e. The maximum absolute atomic E-state index is 12.5. The summed E-state index contributed by atoms with van der Waals surface area (Å²) in [5, 5.41) is 7.92. The number of hydrogen-bond acceptors (Lipinski definition) is 4. The number of fused-ring (bicyclic) bond motifs is 1. The second-order valence-electron chi connectivity index (χ2n) is 6.27. The molecule has 7 nitrogen and oxygen atoms in total. The summed E-state index contributed by atoms with van der Waals surface area (Å²) in [6.07, 6.45) is 3.60. The molecule has 1 aromatic carbocycles. The normalized spacial score (nSPS) is 15.2. The summed E-state index contributed by atoms with van der Waals surface area (Å²) in [4.78, 5) is 38.4. The number of nitrogens with zero attached hydrogens (tertiary/aromatic N) is 3. The van der Waals surface area contributed by atoms with Gasteiger partial charge in [-0.1, -0.05) is 24.6 Å². The van der Waals surface area contributed by atoms with E-state index in [9.17, 15) is 14.4 Å². The van der Waals surface area contributed by atoms with Crippen molar-refractivity contribution in [1.82, 2.24) is 20.0 Å². The molecule has 0 atom stereocenters. The molecule has 0 spiro atoms. The Balaban J connectivity index is 1.71. The van der Waals surface area contributed by atoms with Gasteiger partial charge in [-0.3, -0.25) is 14.4 Å². The fourth-order valence-corrected chi connectivity index (χ4v) is 3.13. The lowest BCUT2D eigenvalue weighted by atomic mass is 10.1. The Morgan fingerprint density at radius 3 is 2.72 bits per heavy atom. The molecule has 1 saturated heterocycles. The Labute approximate surface area is 145 Å². The number of amides is 2. The largest absolute Gasteiger partial charge is 0.349 e. The zero-order valence-corrected chi connectivity index (χ0v) is 14.3. The van der Waals surface area contributed by atoms with Crippen LogP contribution in [0.5, 0.6) is 0 Å². The van der Waals surface area contributed by atoms with E-state index >= 15 is 0 Å². The van der Waals surface area contributed by atoms with E-state index in [1.54, 1.807) is 29.2 Å². The number of aromatic nitrogens is 2. The van der Waals surface area contributed by atoms with Gasteiger partial charge < -0.3 is 10.2 Å². The number of aryl methyl sites for hydroxylation is 1. The second-order valence-corrected chi connectivity index (χ2v) is 6.27. The van der Waals surface area contributed by atoms with Crippen molar-refractivity contribution >= 4 is 22.6 Å². The molecule has 1 aliphatic heterocycles. The number of hydrogen-bond donors (Lipinski definition) is 1. The van der Waals surface area contributed by atoms with E-state index in [1.807, 2.05) is 0 Å². The summed E-state index contributed by atoms with van der Waals surface area (Å²) < 4.78 is 1.18. The van der Waals surface area contributed by atoms with Crippen molar-refractivity contribution in [2.45, 2.75) is 25.7 Å². The third-order valence-electron chi connectivity index (χ3n) is 4.51. The van der Waals surface area contributed by atoms with E-state index in [1.165, 1.54) is 11.7 Å². The van der Waals surface area contributed by atoms with Gasteiger partial charge in [0.25, 0.3) is 11.5 Å². The molecule has 0 unspecified atom stereocenters. The van der Waals surface area contributed by atoms with Crippen LogP contribution < -0.4 is 10.9 Å². The lowest BCUT2D eigenvalue weighted by Gasteiger charge is -2.20. The van der Waals surface area contributed by atoms with Gasteiger partial charge >= 0.3 is 0 Å². The van der Waals surface area contributed by atoms with Gasteiger partial charge in [0, 0.05) is 38.5 Å². The average molecular weight is 342 g/mol. The zero-order chi connectivity index (χ0) is 17.8. The molecular weight excluding hydrogens is 320 g/mol. The standard InChI is InChI=1S/C18H22N4O3/c1-21-18(25)14-8-5-4-7-13(14)16(20-21)17(24)19-10-12-22-11-6-2-3-9-15(22)23/h4-5,7-8H,2-3,6,9-12H2,1H3,(H,19,24). The van der Waals surface area contributed by atoms with Gasteiger partial charge in [-0.2, -0.15) is 5.10 Å². The lowest BCUT2D eigenvalue weighted by molar-refractivity contribution is -0.130. The highest BCUT2D eigenvalue weighted by molar-refractivity contribution is 6.04. The van der Waals surface area contributed by atoms with Gasteiger partial charge in [-0.15, -0.1) is 0 Å². The smallest absolute Gasteiger partial charge is 0.274 e. The summed E-state index contributed by atoms with van der Waals surface area (Å²) in [5.74, 6) is -0.188. The number of carbonyl (C=O) groups excluding carboxylic acids is 2. The first-order chi connectivity index (χ1) is 12.1. The average Bonchev–Trinajstić information content (AvgIpc) is 2.82. The van der Waals surface area contributed by atoms with Gasteiger partial charge in [-0.25, -0.2) is 4.68 Å². The molecule has 2 amide bonds. The molecule has 25 heavy (non-hydrogen) atoms. The molecule has 2 heterocycles. The number of likely N-dealkylation sites (tertiary alicyclic amines) is 1. The predicted molar refractivity (Wildman–Crippen MR) is 94.4 cm³/mol. The molecule has 7 heteroatoms. The summed E-state index contributed by atoms with van der Waals surface area (Å²) in [5.41, 5.74) is -0.0118. The maximum atomic E-state index is 12.5. The summed E-state index contributed by atoms with van der Waals surface area (Å²) >= 11 is 0. The molecule has 132 valence electrons. The molecule has 0 aliphatic carbocycles. The Kier molecular flexibility index (Phi) is 5.11. The highest BCUT2D eigenvalue weighted by Gasteiger charge is 2.18. The van der Waals surface area contributed by atoms with Crippen molar-refractivity contribution in [2.24, 2.45) is 7.05 Å². The van der Waals surface area contributed by atoms with E-state index in [2.05, 4.69) is 10.4 Å². The molecule has 1 aromatic heterocycles. The first-order valence-electron chi connectivity index (χ1n) is 8.60. The van der Waals surface area contributed by atoms with Crippen molar-refractivity contribution in [3.8, 4) is 0 Å². The van der Waals surface area contributed by atoms with E-state index in [0.29, 0.717) is 30.3 Å². The highest BCUT2D eigenvalue weighted by atomic mass is 16.2. The number of carbonyl (C=O) groups is 2. The summed E-state index contributed by atoms with van der Waals surface area (Å²) in [6, 6.07) is 6.94. The van der Waals surface area contributed by atoms with Gasteiger partial charge in [0.15, 0.2) is 5.69 Å². The Morgan fingerprint density at radius 1 is 1.16 bits per heavy atom. The van der Waals surface area contributed by atoms with Crippen LogP contribution in [0.2, 0.25) is 0 Å². The van der Waals surface area contributed by atoms with E-state index in [4.69, 9.17) is 0 Å². The van der Waals surface area contributed by atoms with Crippen LogP contribution in [-0.4, -0.2) is 46.1 Å². The Bertz CT molecular complexity index is 859. The van der Waals surface area contributed by atoms with Crippen LogP contribution in [0.4, 0.5) is 0 Å². The molecule has 1 N–H and O–H groups in total. The van der Waals surface area contributed by atoms with Crippen LogP contribution in [0.1, 0.15) is 36.2 Å². The third-order valence-corrected chi connectivity index (χ3v) is 4.51. The van der Waals surface area contributed by atoms with Gasteiger partial charge in [0.2, 0.25) is 5.91 Å². The minimum atomic E-state index is -0.339. The van der Waals surface area contributed by atoms with E-state index < -0.39 is 0 Å². The van der Waals surface area contributed by atoms with Crippen LogP contribution in [0.25, 0.3) is 10.8 Å². The molecule has 0 saturated carbocycles. The molecular formula is C18H22N4O3. The number of nitrogens with one attached hydrogen (secondary N) is 1. The van der Waals surface area contributed by atoms with Crippen LogP contribution in [0.3, 0.4) is 0 Å². The molecule has 0 radical (unpaired) electrons. The van der Waals surface area contributed by atoms with Crippen molar-refractivity contribution in [3.05, 3.63) is 40.3 Å². The van der Waals surface area contributed by atoms with Crippen molar-refractivity contribution in [1.29, 1.82) is 0 Å². The van der Waals surface area contributed by atoms with Crippen molar-refractivity contribution < 1.29 is 9.59 Å². The van der Waals surface area contributed by atoms with Gasteiger partial charge in [0.05, 0.1) is 5.39 Å². The zero-order valence-electron chi connectivity index (χ0n) is 14.3. The van der Waals surface area contributed by atoms with Crippen LogP contribution >= 0.6 is 0 Å². The fourth-order valence-electron chi connectivity index (χ4n) is 3.13. The Morgan fingerprint density at radius 2 is 1.92 bits per heavy atom. The molecule has 3 rings (SSSR count). The molecule has 0 bridgehead atoms. The van der Waals surface area contributed by atoms with Gasteiger partial charge in [-0.05, 0) is 18.9 Å². The minimum absolute atomic E-state index is 0.150. The molecule has 1 fully saturated rings. The Hall–Kier alpha value is -2.70. The minimum Gasteiger partial charge on any atom is -0.349 e. The number of rotatable bonds is 4. The van der Waals surface area contributed by atoms with Crippen LogP contribution in [-0.2, 0) is 11.8 Å². The topological polar surface area (TPSA) is 84.3 Å². The summed E-state index contributed by atoms with van der Waals surface area (Å²) in [7, 11) is 1.53. The first-order valence-corrected chi connectivity index (χ1v) is 8.60. The van der Waals surface area contributed by atoms with Gasteiger partial charge in [0.1, 0.15) is 0 Å². The lowest BCUT2D eigenvalue weighted by Crippen LogP contribution is -2.39. The number of benzene rings is 1. The predicted octanol–water partition coefficient (Wildman–Crippen LogP) is 1.07. The first kappa shape index (κ1) is 17.1. The third kappa shape index (κ3) is 3.70. The van der Waals surface area contributed by atoms with Crippen LogP contribution in [0, 0.1) is 0 Å². The van der Waals surface area contributed by atoms with E-state index in [-0.39, 0.29) is 23.1 Å².